The van der Waals surface area contributed by atoms with Crippen molar-refractivity contribution in [3.8, 4) is 11.5 Å². The molecule has 2 aromatic rings. The summed E-state index contributed by atoms with van der Waals surface area (Å²) < 4.78 is 10.5. The lowest BCUT2D eigenvalue weighted by molar-refractivity contribution is -0.147. The smallest absolute Gasteiger partial charge is 0.408 e. The zero-order valence-electron chi connectivity index (χ0n) is 23.1. The first-order chi connectivity index (χ1) is 17.7. The molecule has 0 heterocycles. The summed E-state index contributed by atoms with van der Waals surface area (Å²) >= 11 is 4.32. The quantitative estimate of drug-likeness (QED) is 0.315. The second-order valence-electron chi connectivity index (χ2n) is 10.5. The molecule has 0 fully saturated rings. The van der Waals surface area contributed by atoms with Crippen LogP contribution < -0.4 is 15.4 Å². The van der Waals surface area contributed by atoms with Crippen LogP contribution in [0.15, 0.2) is 48.5 Å². The van der Waals surface area contributed by atoms with E-state index in [4.69, 9.17) is 9.47 Å². The topological polar surface area (TPSA) is 117 Å². The van der Waals surface area contributed by atoms with Crippen molar-refractivity contribution in [3.05, 3.63) is 54.1 Å². The third-order valence-electron chi connectivity index (χ3n) is 6.00. The molecular formula is C28H39N3O6S. The van der Waals surface area contributed by atoms with Gasteiger partial charge in [-0.3, -0.25) is 9.59 Å². The standard InChI is InChI=1S/C28H39N3O6S/c1-8-28(5,6)31(25(34)22(17-38)30-26(35)37-27(2,3)4)23(18-9-13-20(32)14-10-18)24(33)29-19-11-15-21(36-7)16-12-19/h9-16,22-23,32,38H,8,17H2,1-7H3,(H,29,33)(H,30,35). The van der Waals surface area contributed by atoms with Crippen molar-refractivity contribution >= 4 is 36.2 Å². The molecule has 2 aromatic carbocycles. The van der Waals surface area contributed by atoms with Crippen molar-refractivity contribution in [2.45, 2.75) is 71.2 Å². The number of aromatic hydroxyl groups is 1. The number of methoxy groups -OCH3 is 1. The van der Waals surface area contributed by atoms with Gasteiger partial charge >= 0.3 is 6.09 Å². The molecule has 0 aliphatic carbocycles. The predicted octanol–water partition coefficient (Wildman–Crippen LogP) is 4.92. The van der Waals surface area contributed by atoms with E-state index in [1.54, 1.807) is 64.3 Å². The number of nitrogens with one attached hydrogen (secondary N) is 2. The molecule has 0 aliphatic rings. The number of alkyl carbamates (subject to hydrolysis) is 1. The molecule has 0 radical (unpaired) electrons. The Morgan fingerprint density at radius 3 is 2.05 bits per heavy atom. The molecule has 0 aromatic heterocycles. The van der Waals surface area contributed by atoms with Gasteiger partial charge in [0.2, 0.25) is 5.91 Å². The fraction of sp³-hybridized carbons (Fsp3) is 0.464. The summed E-state index contributed by atoms with van der Waals surface area (Å²) in [5.41, 5.74) is -0.574. The van der Waals surface area contributed by atoms with Crippen LogP contribution in [-0.2, 0) is 14.3 Å². The summed E-state index contributed by atoms with van der Waals surface area (Å²) in [5, 5.41) is 15.4. The summed E-state index contributed by atoms with van der Waals surface area (Å²) in [5.74, 6) is -0.328. The highest BCUT2D eigenvalue weighted by Gasteiger charge is 2.43. The van der Waals surface area contributed by atoms with E-state index in [0.717, 1.165) is 0 Å². The number of ether oxygens (including phenoxy) is 2. The number of phenols is 1. The van der Waals surface area contributed by atoms with Crippen LogP contribution in [0.5, 0.6) is 11.5 Å². The average Bonchev–Trinajstić information content (AvgIpc) is 2.85. The minimum Gasteiger partial charge on any atom is -0.508 e. The number of hydrogen-bond donors (Lipinski definition) is 4. The third kappa shape index (κ3) is 8.31. The Hall–Kier alpha value is -3.40. The van der Waals surface area contributed by atoms with Crippen molar-refractivity contribution in [2.75, 3.05) is 18.2 Å². The number of benzene rings is 2. The van der Waals surface area contributed by atoms with Gasteiger partial charge in [0.05, 0.1) is 7.11 Å². The van der Waals surface area contributed by atoms with Gasteiger partial charge in [-0.2, -0.15) is 12.6 Å². The van der Waals surface area contributed by atoms with E-state index in [9.17, 15) is 19.5 Å². The van der Waals surface area contributed by atoms with E-state index >= 15 is 0 Å². The second kappa shape index (κ2) is 12.9. The largest absolute Gasteiger partial charge is 0.508 e. The van der Waals surface area contributed by atoms with E-state index < -0.39 is 41.1 Å². The van der Waals surface area contributed by atoms with Crippen LogP contribution in [0, 0.1) is 0 Å². The first-order valence-electron chi connectivity index (χ1n) is 12.4. The Kier molecular flexibility index (Phi) is 10.5. The Bertz CT molecular complexity index is 1100. The van der Waals surface area contributed by atoms with Gasteiger partial charge < -0.3 is 30.1 Å². The molecule has 0 spiro atoms. The monoisotopic (exact) mass is 545 g/mol. The first-order valence-corrected chi connectivity index (χ1v) is 13.0. The summed E-state index contributed by atoms with van der Waals surface area (Å²) in [6.07, 6.45) is -0.252. The molecule has 2 atom stereocenters. The number of carbonyl (C=O) groups excluding carboxylic acids is 3. The minimum absolute atomic E-state index is 0.0171. The number of phenolic OH excluding ortho intramolecular Hbond substituents is 1. The zero-order valence-corrected chi connectivity index (χ0v) is 24.0. The number of nitrogens with zero attached hydrogens (tertiary/aromatic N) is 1. The minimum atomic E-state index is -1.09. The fourth-order valence-corrected chi connectivity index (χ4v) is 3.96. The van der Waals surface area contributed by atoms with Crippen LogP contribution >= 0.6 is 12.6 Å². The Labute approximate surface area is 230 Å². The van der Waals surface area contributed by atoms with Gasteiger partial charge in [-0.1, -0.05) is 19.1 Å². The number of thiol groups is 1. The van der Waals surface area contributed by atoms with E-state index in [1.165, 1.54) is 17.0 Å². The van der Waals surface area contributed by atoms with Crippen LogP contribution in [0.2, 0.25) is 0 Å². The van der Waals surface area contributed by atoms with Crippen molar-refractivity contribution in [2.24, 2.45) is 0 Å². The number of amides is 3. The Morgan fingerprint density at radius 1 is 1.00 bits per heavy atom. The summed E-state index contributed by atoms with van der Waals surface area (Å²) in [6, 6.07) is 10.8. The molecule has 0 saturated heterocycles. The van der Waals surface area contributed by atoms with Crippen LogP contribution in [0.4, 0.5) is 10.5 Å². The molecule has 208 valence electrons. The van der Waals surface area contributed by atoms with Crippen molar-refractivity contribution in [1.29, 1.82) is 0 Å². The normalized spacial score (nSPS) is 13.2. The molecule has 38 heavy (non-hydrogen) atoms. The lowest BCUT2D eigenvalue weighted by atomic mass is 9.92. The van der Waals surface area contributed by atoms with Gasteiger partial charge in [0, 0.05) is 17.0 Å². The van der Waals surface area contributed by atoms with Gasteiger partial charge in [-0.15, -0.1) is 0 Å². The summed E-state index contributed by atoms with van der Waals surface area (Å²) in [4.78, 5) is 41.9. The number of anilines is 1. The third-order valence-corrected chi connectivity index (χ3v) is 6.36. The molecule has 9 nitrogen and oxygen atoms in total. The van der Waals surface area contributed by atoms with Crippen LogP contribution in [0.3, 0.4) is 0 Å². The molecule has 2 unspecified atom stereocenters. The molecule has 10 heteroatoms. The highest BCUT2D eigenvalue weighted by molar-refractivity contribution is 7.80. The van der Waals surface area contributed by atoms with E-state index in [1.807, 2.05) is 20.8 Å². The number of rotatable bonds is 10. The highest BCUT2D eigenvalue weighted by Crippen LogP contribution is 2.34. The van der Waals surface area contributed by atoms with Crippen molar-refractivity contribution in [1.82, 2.24) is 10.2 Å². The molecular weight excluding hydrogens is 506 g/mol. The van der Waals surface area contributed by atoms with Gasteiger partial charge in [-0.05, 0) is 83.0 Å². The summed E-state index contributed by atoms with van der Waals surface area (Å²) in [7, 11) is 1.55. The van der Waals surface area contributed by atoms with Crippen LogP contribution in [0.1, 0.15) is 59.6 Å². The SMILES string of the molecule is CCC(C)(C)N(C(=O)C(CS)NC(=O)OC(C)(C)C)C(C(=O)Nc1ccc(OC)cc1)c1ccc(O)cc1. The zero-order chi connectivity index (χ0) is 28.7. The molecule has 2 rings (SSSR count). The van der Waals surface area contributed by atoms with Crippen LogP contribution in [-0.4, -0.2) is 58.0 Å². The van der Waals surface area contributed by atoms with E-state index in [-0.39, 0.29) is 11.5 Å². The number of carbonyl (C=O) groups is 3. The highest BCUT2D eigenvalue weighted by atomic mass is 32.1. The van der Waals surface area contributed by atoms with E-state index in [2.05, 4.69) is 23.3 Å². The van der Waals surface area contributed by atoms with Crippen molar-refractivity contribution in [3.63, 3.8) is 0 Å². The van der Waals surface area contributed by atoms with Crippen LogP contribution in [0.25, 0.3) is 0 Å². The maximum absolute atomic E-state index is 14.1. The molecule has 0 saturated carbocycles. The summed E-state index contributed by atoms with van der Waals surface area (Å²) in [6.45, 7) is 10.8. The maximum atomic E-state index is 14.1. The molecule has 3 amide bonds. The Balaban J connectivity index is 2.54. The van der Waals surface area contributed by atoms with Crippen molar-refractivity contribution < 1.29 is 29.0 Å². The van der Waals surface area contributed by atoms with Gasteiger partial charge in [0.15, 0.2) is 0 Å². The number of hydrogen-bond acceptors (Lipinski definition) is 7. The molecule has 0 aliphatic heterocycles. The Morgan fingerprint density at radius 2 is 1.58 bits per heavy atom. The fourth-order valence-electron chi connectivity index (χ4n) is 3.71. The predicted molar refractivity (Wildman–Crippen MR) is 151 cm³/mol. The van der Waals surface area contributed by atoms with Gasteiger partial charge in [-0.25, -0.2) is 4.79 Å². The van der Waals surface area contributed by atoms with Gasteiger partial charge in [0.25, 0.3) is 5.91 Å². The first kappa shape index (κ1) is 30.8. The second-order valence-corrected chi connectivity index (χ2v) is 10.8. The molecule has 3 N–H and O–H groups in total. The lowest BCUT2D eigenvalue weighted by Crippen LogP contribution is -2.59. The average molecular weight is 546 g/mol. The van der Waals surface area contributed by atoms with E-state index in [0.29, 0.717) is 23.4 Å². The maximum Gasteiger partial charge on any atom is 0.408 e. The molecule has 0 bridgehead atoms. The lowest BCUT2D eigenvalue weighted by Gasteiger charge is -2.44. The van der Waals surface area contributed by atoms with Gasteiger partial charge in [0.1, 0.15) is 29.2 Å².